The monoisotopic (exact) mass is 923 g/mol. The van der Waals surface area contributed by atoms with Crippen molar-refractivity contribution in [1.82, 2.24) is 15.5 Å². The molecule has 0 aliphatic carbocycles. The summed E-state index contributed by atoms with van der Waals surface area (Å²) in [4.78, 5) is 54.8. The van der Waals surface area contributed by atoms with Crippen LogP contribution in [0.4, 0.5) is 4.79 Å². The number of ketones is 1. The fourth-order valence-corrected chi connectivity index (χ4v) is 8.69. The zero-order chi connectivity index (χ0) is 48.4. The number of aliphatic hydroxyl groups is 3. The highest BCUT2D eigenvalue weighted by atomic mass is 16.6. The van der Waals surface area contributed by atoms with Gasteiger partial charge in [-0.3, -0.25) is 20.1 Å². The summed E-state index contributed by atoms with van der Waals surface area (Å²) < 4.78 is 11.3. The Hall–Kier alpha value is -2.58. The van der Waals surface area contributed by atoms with E-state index in [2.05, 4.69) is 36.6 Å². The molecule has 7 N–H and O–H groups in total. The molecule has 0 radical (unpaired) electrons. The normalized spacial score (nSPS) is 20.5. The van der Waals surface area contributed by atoms with E-state index in [1.54, 1.807) is 20.8 Å². The summed E-state index contributed by atoms with van der Waals surface area (Å²) in [6.45, 7) is 9.90. The van der Waals surface area contributed by atoms with Gasteiger partial charge in [0.1, 0.15) is 30.3 Å². The average molecular weight is 923 g/mol. The van der Waals surface area contributed by atoms with Crippen LogP contribution in [0, 0.1) is 5.92 Å². The highest BCUT2D eigenvalue weighted by molar-refractivity contribution is 5.93. The molecule has 0 unspecified atom stereocenters. The number of carbonyl (C=O) groups excluding carboxylic acids is 4. The van der Waals surface area contributed by atoms with E-state index in [4.69, 9.17) is 15.2 Å². The second-order valence-electron chi connectivity index (χ2n) is 19.8. The topological polar surface area (TPSA) is 201 Å². The summed E-state index contributed by atoms with van der Waals surface area (Å²) >= 11 is 0. The molecule has 0 aromatic heterocycles. The Morgan fingerprint density at radius 3 is 1.57 bits per heavy atom. The molecular formula is C52H98N4O9. The van der Waals surface area contributed by atoms with Crippen LogP contribution in [0.15, 0.2) is 12.2 Å². The molecule has 1 saturated heterocycles. The minimum atomic E-state index is -2.23. The molecule has 6 atom stereocenters. The van der Waals surface area contributed by atoms with Gasteiger partial charge in [-0.15, -0.1) is 0 Å². The number of Topliss-reactive ketones (excluding diaryl/α,β-unsaturated/α-hetero) is 1. The number of rotatable bonds is 39. The number of alkyl carbamates (subject to hydrolysis) is 1. The van der Waals surface area contributed by atoms with Gasteiger partial charge in [0.15, 0.2) is 5.78 Å². The quantitative estimate of drug-likeness (QED) is 0.0196. The maximum atomic E-state index is 14.2. The fourth-order valence-electron chi connectivity index (χ4n) is 8.69. The lowest BCUT2D eigenvalue weighted by atomic mass is 9.80. The van der Waals surface area contributed by atoms with E-state index >= 15 is 0 Å². The lowest BCUT2D eigenvalue weighted by Crippen LogP contribution is -2.76. The van der Waals surface area contributed by atoms with Crippen molar-refractivity contribution >= 4 is 23.7 Å². The van der Waals surface area contributed by atoms with Gasteiger partial charge in [0.2, 0.25) is 17.7 Å². The fraction of sp³-hybridized carbons (Fsp3) is 0.885. The standard InChI is InChI=1S/C52H98N4O9/c1-7-9-11-13-15-17-19-21-23-25-27-29-31-33-35-37-39-56(45(59)38-36-34-32-30-28-26-24-22-20-18-16-14-12-10-8-2)52(53)46(49(62)48(61)43(41-57)64-52)47(60)42(3)55-44(58)40-54-50(63)65-51(4,5)6/h22,24,42-43,46,48-49,57,61-62H,7-21,23,25-41,53H2,1-6H3,(H,54,63)(H,55,58)/b24-22-/t42-,43+,46+,48+,49+,52-/m0/s1. The van der Waals surface area contributed by atoms with Gasteiger partial charge in [-0.25, -0.2) is 4.79 Å². The second-order valence-corrected chi connectivity index (χ2v) is 19.8. The SMILES string of the molecule is CCCCCCCC/C=C\CCCCCCCC(=O)N(CCCCCCCCCCCCCCCCCC)[C@]1(N)O[C@H](CO)[C@@H](O)[C@H](O)[C@H]1C(=O)[C@H](C)NC(=O)CNC(=O)OC(C)(C)C. The number of ether oxygens (including phenoxy) is 2. The predicted octanol–water partition coefficient (Wildman–Crippen LogP) is 10.1. The highest BCUT2D eigenvalue weighted by Gasteiger charge is 2.59. The molecule has 1 heterocycles. The average Bonchev–Trinajstić information content (AvgIpc) is 3.25. The number of amides is 3. The van der Waals surface area contributed by atoms with Crippen molar-refractivity contribution < 1.29 is 44.0 Å². The van der Waals surface area contributed by atoms with Crippen molar-refractivity contribution in [2.24, 2.45) is 11.7 Å². The van der Waals surface area contributed by atoms with E-state index in [-0.39, 0.29) is 18.9 Å². The Kier molecular flexibility index (Phi) is 33.9. The zero-order valence-electron chi connectivity index (χ0n) is 42.2. The van der Waals surface area contributed by atoms with Gasteiger partial charge in [-0.05, 0) is 66.2 Å². The molecule has 65 heavy (non-hydrogen) atoms. The largest absolute Gasteiger partial charge is 0.444 e. The van der Waals surface area contributed by atoms with Gasteiger partial charge in [-0.2, -0.15) is 0 Å². The molecule has 0 saturated carbocycles. The van der Waals surface area contributed by atoms with E-state index in [1.165, 1.54) is 121 Å². The van der Waals surface area contributed by atoms with Crippen molar-refractivity contribution in [2.45, 2.75) is 270 Å². The third-order valence-corrected chi connectivity index (χ3v) is 12.6. The summed E-state index contributed by atoms with van der Waals surface area (Å²) in [5, 5.41) is 37.6. The van der Waals surface area contributed by atoms with E-state index in [1.807, 2.05) is 0 Å². The number of nitrogens with one attached hydrogen (secondary N) is 2. The number of allylic oxidation sites excluding steroid dienone is 2. The number of nitrogens with two attached hydrogens (primary N) is 1. The van der Waals surface area contributed by atoms with Crippen LogP contribution in [-0.4, -0.2) is 99.4 Å². The maximum Gasteiger partial charge on any atom is 0.408 e. The van der Waals surface area contributed by atoms with Crippen molar-refractivity contribution in [3.05, 3.63) is 12.2 Å². The number of nitrogens with zero attached hydrogens (tertiary/aromatic N) is 1. The Morgan fingerprint density at radius 2 is 1.12 bits per heavy atom. The molecular weight excluding hydrogens is 825 g/mol. The Morgan fingerprint density at radius 1 is 0.692 bits per heavy atom. The number of unbranched alkanes of at least 4 members (excludes halogenated alkanes) is 26. The van der Waals surface area contributed by atoms with Crippen molar-refractivity contribution in [3.63, 3.8) is 0 Å². The first kappa shape index (κ1) is 60.4. The predicted molar refractivity (Wildman–Crippen MR) is 262 cm³/mol. The Balaban J connectivity index is 2.92. The molecule has 0 bridgehead atoms. The van der Waals surface area contributed by atoms with Gasteiger partial charge in [0.05, 0.1) is 18.8 Å². The van der Waals surface area contributed by atoms with Crippen LogP contribution in [0.25, 0.3) is 0 Å². The molecule has 0 aromatic rings. The molecule has 13 heteroatoms. The van der Waals surface area contributed by atoms with Gasteiger partial charge >= 0.3 is 6.09 Å². The van der Waals surface area contributed by atoms with E-state index < -0.39 is 72.7 Å². The maximum absolute atomic E-state index is 14.2. The molecule has 0 aromatic carbocycles. The summed E-state index contributed by atoms with van der Waals surface area (Å²) in [7, 11) is 0. The van der Waals surface area contributed by atoms with Gasteiger partial charge in [0.25, 0.3) is 0 Å². The van der Waals surface area contributed by atoms with Gasteiger partial charge < -0.3 is 40.3 Å². The van der Waals surface area contributed by atoms with Crippen molar-refractivity contribution in [3.8, 4) is 0 Å². The minimum Gasteiger partial charge on any atom is -0.444 e. The van der Waals surface area contributed by atoms with Gasteiger partial charge in [-0.1, -0.05) is 174 Å². The van der Waals surface area contributed by atoms with Crippen LogP contribution >= 0.6 is 0 Å². The van der Waals surface area contributed by atoms with Crippen LogP contribution in [0.1, 0.15) is 234 Å². The molecule has 1 rings (SSSR count). The molecule has 380 valence electrons. The number of hydrogen-bond donors (Lipinski definition) is 6. The lowest BCUT2D eigenvalue weighted by Gasteiger charge is -2.53. The Bertz CT molecular complexity index is 1290. The third kappa shape index (κ3) is 27.1. The first-order chi connectivity index (χ1) is 31.1. The molecule has 13 nitrogen and oxygen atoms in total. The molecule has 1 aliphatic rings. The number of hydrogen-bond acceptors (Lipinski definition) is 10. The van der Waals surface area contributed by atoms with Crippen LogP contribution in [0.5, 0.6) is 0 Å². The number of aliphatic hydroxyl groups excluding tert-OH is 3. The first-order valence-electron chi connectivity index (χ1n) is 26.3. The first-order valence-corrected chi connectivity index (χ1v) is 26.3. The van der Waals surface area contributed by atoms with E-state index in [0.29, 0.717) is 12.8 Å². The summed E-state index contributed by atoms with van der Waals surface area (Å²) in [5.74, 6) is -5.72. The summed E-state index contributed by atoms with van der Waals surface area (Å²) in [5.41, 5.74) is 6.22. The molecule has 3 amide bonds. The number of carbonyl (C=O) groups is 4. The zero-order valence-corrected chi connectivity index (χ0v) is 42.2. The highest BCUT2D eigenvalue weighted by Crippen LogP contribution is 2.36. The summed E-state index contributed by atoms with van der Waals surface area (Å²) in [6, 6.07) is -1.26. The van der Waals surface area contributed by atoms with E-state index in [0.717, 1.165) is 64.2 Å². The second kappa shape index (κ2) is 36.5. The van der Waals surface area contributed by atoms with Crippen molar-refractivity contribution in [2.75, 3.05) is 19.7 Å². The van der Waals surface area contributed by atoms with Crippen molar-refractivity contribution in [1.29, 1.82) is 0 Å². The van der Waals surface area contributed by atoms with Crippen LogP contribution < -0.4 is 16.4 Å². The minimum absolute atomic E-state index is 0.143. The van der Waals surface area contributed by atoms with Crippen LogP contribution in [0.3, 0.4) is 0 Å². The third-order valence-electron chi connectivity index (χ3n) is 12.6. The lowest BCUT2D eigenvalue weighted by molar-refractivity contribution is -0.291. The smallest absolute Gasteiger partial charge is 0.408 e. The van der Waals surface area contributed by atoms with Gasteiger partial charge in [0, 0.05) is 13.0 Å². The molecule has 1 fully saturated rings. The van der Waals surface area contributed by atoms with Crippen LogP contribution in [0.2, 0.25) is 0 Å². The molecule has 0 spiro atoms. The molecule has 1 aliphatic heterocycles. The summed E-state index contributed by atoms with van der Waals surface area (Å²) in [6.07, 6.45) is 32.6. The van der Waals surface area contributed by atoms with E-state index in [9.17, 15) is 34.5 Å². The van der Waals surface area contributed by atoms with Crippen LogP contribution in [-0.2, 0) is 23.9 Å². The Labute approximate surface area is 395 Å².